The van der Waals surface area contributed by atoms with Gasteiger partial charge in [0.25, 0.3) is 10.0 Å². The van der Waals surface area contributed by atoms with E-state index in [9.17, 15) is 18.3 Å². The lowest BCUT2D eigenvalue weighted by Gasteiger charge is -2.28. The van der Waals surface area contributed by atoms with E-state index in [2.05, 4.69) is 31.1 Å². The monoisotopic (exact) mass is 489 g/mol. The third-order valence-electron chi connectivity index (χ3n) is 6.29. The molecule has 1 saturated heterocycles. The number of carbonyl (C=O) groups is 1. The van der Waals surface area contributed by atoms with Crippen LogP contribution in [0.2, 0.25) is 0 Å². The van der Waals surface area contributed by atoms with Crippen LogP contribution in [0.4, 0.5) is 10.6 Å². The molecule has 4 N–H and O–H groups in total. The van der Waals surface area contributed by atoms with Gasteiger partial charge in [-0.15, -0.1) is 0 Å². The molecule has 0 bridgehead atoms. The third kappa shape index (κ3) is 6.24. The molecule has 2 aromatic heterocycles. The number of pyridine rings is 2. The first kappa shape index (κ1) is 25.9. The summed E-state index contributed by atoms with van der Waals surface area (Å²) in [4.78, 5) is 22.2. The zero-order valence-electron chi connectivity index (χ0n) is 20.4. The minimum absolute atomic E-state index is 0.135. The van der Waals surface area contributed by atoms with E-state index in [-0.39, 0.29) is 22.4 Å². The number of sulfonamides is 1. The fourth-order valence-corrected chi connectivity index (χ4v) is 5.00. The fourth-order valence-electron chi connectivity index (χ4n) is 4.51. The highest BCUT2D eigenvalue weighted by molar-refractivity contribution is 7.89. The Balaban J connectivity index is 1.87. The Morgan fingerprint density at radius 3 is 2.50 bits per heavy atom. The number of rotatable bonds is 7. The number of carboxylic acid groups (broad SMARTS) is 1. The first-order chi connectivity index (χ1) is 15.7. The summed E-state index contributed by atoms with van der Waals surface area (Å²) in [6, 6.07) is 10.3. The Labute approximate surface area is 201 Å². The molecule has 0 spiro atoms. The Bertz CT molecular complexity index is 1140. The quantitative estimate of drug-likeness (QED) is 0.531. The summed E-state index contributed by atoms with van der Waals surface area (Å²) < 4.78 is 23.5. The number of amides is 1. The summed E-state index contributed by atoms with van der Waals surface area (Å²) >= 11 is 0. The van der Waals surface area contributed by atoms with Gasteiger partial charge in [0.05, 0.1) is 11.7 Å². The van der Waals surface area contributed by atoms with Gasteiger partial charge in [0.1, 0.15) is 5.82 Å². The van der Waals surface area contributed by atoms with Gasteiger partial charge in [0.15, 0.2) is 5.03 Å². The van der Waals surface area contributed by atoms with Gasteiger partial charge < -0.3 is 15.3 Å². The molecule has 1 fully saturated rings. The summed E-state index contributed by atoms with van der Waals surface area (Å²) in [5.41, 5.74) is 1.23. The van der Waals surface area contributed by atoms with Crippen molar-refractivity contribution in [1.29, 1.82) is 0 Å². The summed E-state index contributed by atoms with van der Waals surface area (Å²) in [7, 11) is -3.93. The van der Waals surface area contributed by atoms with Gasteiger partial charge in [0.2, 0.25) is 0 Å². The molecule has 10 heteroatoms. The van der Waals surface area contributed by atoms with Crippen molar-refractivity contribution in [2.45, 2.75) is 75.9 Å². The van der Waals surface area contributed by atoms with Crippen molar-refractivity contribution in [1.82, 2.24) is 14.9 Å². The van der Waals surface area contributed by atoms with Gasteiger partial charge in [-0.25, -0.2) is 23.3 Å². The molecule has 34 heavy (non-hydrogen) atoms. The summed E-state index contributed by atoms with van der Waals surface area (Å²) in [5.74, 6) is 0.600. The van der Waals surface area contributed by atoms with Crippen molar-refractivity contribution >= 4 is 21.9 Å². The third-order valence-corrected chi connectivity index (χ3v) is 7.10. The van der Waals surface area contributed by atoms with Gasteiger partial charge in [-0.2, -0.15) is 0 Å². The molecule has 1 aliphatic rings. The number of nitrogens with two attached hydrogens (primary N) is 1. The lowest BCUT2D eigenvalue weighted by atomic mass is 9.90. The second-order valence-electron chi connectivity index (χ2n) is 10.7. The molecule has 3 heterocycles. The number of aromatic nitrogens is 2. The molecule has 1 unspecified atom stereocenters. The largest absolute Gasteiger partial charge is 0.465 e. The SMILES string of the molecule is CC(C)(C)c1cccc(C(CC[C@@H]2CN(C(=O)O)C(C)(C)C2)Nc2cccc(S(N)(=O)=O)n2)n1. The van der Waals surface area contributed by atoms with Crippen LogP contribution in [0.3, 0.4) is 0 Å². The van der Waals surface area contributed by atoms with Crippen molar-refractivity contribution in [2.75, 3.05) is 11.9 Å². The van der Waals surface area contributed by atoms with E-state index >= 15 is 0 Å². The number of hydrogen-bond acceptors (Lipinski definition) is 6. The predicted molar refractivity (Wildman–Crippen MR) is 131 cm³/mol. The molecule has 9 nitrogen and oxygen atoms in total. The molecular formula is C24H35N5O4S. The molecule has 0 radical (unpaired) electrons. The van der Waals surface area contributed by atoms with Gasteiger partial charge in [-0.3, -0.25) is 4.98 Å². The average molecular weight is 490 g/mol. The second-order valence-corrected chi connectivity index (χ2v) is 12.2. The van der Waals surface area contributed by atoms with Gasteiger partial charge in [-0.05, 0) is 63.3 Å². The molecule has 2 atom stereocenters. The molecule has 1 aliphatic heterocycles. The van der Waals surface area contributed by atoms with Gasteiger partial charge in [-0.1, -0.05) is 32.9 Å². The van der Waals surface area contributed by atoms with Crippen molar-refractivity contribution in [3.8, 4) is 0 Å². The first-order valence-electron chi connectivity index (χ1n) is 11.4. The highest BCUT2D eigenvalue weighted by Crippen LogP contribution is 2.37. The minimum atomic E-state index is -3.93. The minimum Gasteiger partial charge on any atom is -0.465 e. The Morgan fingerprint density at radius 1 is 1.24 bits per heavy atom. The molecule has 1 amide bonds. The van der Waals surface area contributed by atoms with Crippen LogP contribution in [-0.4, -0.2) is 46.6 Å². The standard InChI is InChI=1S/C24H35N5O4S/c1-23(2,3)19-9-6-8-17(26-19)18(27-20-10-7-11-21(28-20)34(25,32)33)13-12-16-14-24(4,5)29(15-16)22(30)31/h6-11,16,18H,12-15H2,1-5H3,(H,27,28)(H,30,31)(H2,25,32,33)/t16-,18?/m0/s1. The first-order valence-corrected chi connectivity index (χ1v) is 13.0. The Hall–Kier alpha value is -2.72. The Kier molecular flexibility index (Phi) is 7.23. The normalized spacial score (nSPS) is 19.1. The van der Waals surface area contributed by atoms with Crippen LogP contribution >= 0.6 is 0 Å². The van der Waals surface area contributed by atoms with Crippen LogP contribution < -0.4 is 10.5 Å². The molecule has 0 aliphatic carbocycles. The number of nitrogens with zero attached hydrogens (tertiary/aromatic N) is 3. The summed E-state index contributed by atoms with van der Waals surface area (Å²) in [6.45, 7) is 10.7. The van der Waals surface area contributed by atoms with Crippen molar-refractivity contribution in [3.05, 3.63) is 47.8 Å². The van der Waals surface area contributed by atoms with E-state index in [4.69, 9.17) is 10.1 Å². The van der Waals surface area contributed by atoms with Gasteiger partial charge in [0, 0.05) is 23.2 Å². The summed E-state index contributed by atoms with van der Waals surface area (Å²) in [6.07, 6.45) is 1.34. The highest BCUT2D eigenvalue weighted by atomic mass is 32.2. The maximum atomic E-state index is 11.8. The fraction of sp³-hybridized carbons (Fsp3) is 0.542. The van der Waals surface area contributed by atoms with E-state index in [0.717, 1.165) is 24.2 Å². The van der Waals surface area contributed by atoms with Crippen molar-refractivity contribution in [3.63, 3.8) is 0 Å². The van der Waals surface area contributed by atoms with Crippen LogP contribution in [0.5, 0.6) is 0 Å². The highest BCUT2D eigenvalue weighted by Gasteiger charge is 2.41. The van der Waals surface area contributed by atoms with Crippen molar-refractivity contribution < 1.29 is 18.3 Å². The zero-order valence-corrected chi connectivity index (χ0v) is 21.3. The maximum Gasteiger partial charge on any atom is 0.407 e. The smallest absolute Gasteiger partial charge is 0.407 e. The zero-order chi connectivity index (χ0) is 25.3. The van der Waals surface area contributed by atoms with Crippen LogP contribution in [-0.2, 0) is 15.4 Å². The lowest BCUT2D eigenvalue weighted by Crippen LogP contribution is -2.41. The summed E-state index contributed by atoms with van der Waals surface area (Å²) in [5, 5.41) is 17.9. The predicted octanol–water partition coefficient (Wildman–Crippen LogP) is 4.13. The number of likely N-dealkylation sites (tertiary alicyclic amines) is 1. The maximum absolute atomic E-state index is 11.8. The second kappa shape index (κ2) is 9.50. The van der Waals surface area contributed by atoms with E-state index < -0.39 is 21.7 Å². The number of primary sulfonamides is 1. The number of nitrogens with one attached hydrogen (secondary N) is 1. The van der Waals surface area contributed by atoms with Crippen LogP contribution in [0, 0.1) is 5.92 Å². The lowest BCUT2D eigenvalue weighted by molar-refractivity contribution is 0.117. The topological polar surface area (TPSA) is 139 Å². The molecule has 3 rings (SSSR count). The molecule has 0 saturated carbocycles. The number of hydrogen-bond donors (Lipinski definition) is 3. The molecule has 0 aromatic carbocycles. The van der Waals surface area contributed by atoms with E-state index in [1.165, 1.54) is 11.0 Å². The van der Waals surface area contributed by atoms with E-state index in [1.54, 1.807) is 12.1 Å². The number of anilines is 1. The van der Waals surface area contributed by atoms with Crippen LogP contribution in [0.15, 0.2) is 41.4 Å². The molecule has 2 aromatic rings. The molecule has 186 valence electrons. The van der Waals surface area contributed by atoms with Crippen molar-refractivity contribution in [2.24, 2.45) is 11.1 Å². The van der Waals surface area contributed by atoms with Crippen LogP contribution in [0.1, 0.15) is 71.3 Å². The Morgan fingerprint density at radius 2 is 1.91 bits per heavy atom. The molecular weight excluding hydrogens is 454 g/mol. The van der Waals surface area contributed by atoms with E-state index in [0.29, 0.717) is 18.8 Å². The van der Waals surface area contributed by atoms with Gasteiger partial charge >= 0.3 is 6.09 Å². The van der Waals surface area contributed by atoms with Crippen LogP contribution in [0.25, 0.3) is 0 Å². The van der Waals surface area contributed by atoms with E-state index in [1.807, 2.05) is 32.0 Å². The average Bonchev–Trinajstić information content (AvgIpc) is 3.04.